The Hall–Kier alpha value is -3.95. The normalized spacial score (nSPS) is 14.0. The number of hydrogen-bond donors (Lipinski definition) is 0. The van der Waals surface area contributed by atoms with Crippen LogP contribution in [-0.4, -0.2) is 63.3 Å². The largest absolute Gasteiger partial charge is 0.495 e. The van der Waals surface area contributed by atoms with E-state index in [4.69, 9.17) is 18.9 Å². The molecule has 0 unspecified atom stereocenters. The molecule has 3 aromatic rings. The Morgan fingerprint density at radius 2 is 1.72 bits per heavy atom. The number of piperidine rings is 1. The van der Waals surface area contributed by atoms with Crippen molar-refractivity contribution in [3.05, 3.63) is 48.0 Å². The second-order valence-corrected chi connectivity index (χ2v) is 8.81. The van der Waals surface area contributed by atoms with E-state index in [9.17, 15) is 4.79 Å². The summed E-state index contributed by atoms with van der Waals surface area (Å²) in [6, 6.07) is 7.40. The fraction of sp³-hybridized carbons (Fsp3) is 0.423. The fourth-order valence-corrected chi connectivity index (χ4v) is 3.79. The summed E-state index contributed by atoms with van der Waals surface area (Å²) in [6.45, 7) is 8.56. The predicted octanol–water partition coefficient (Wildman–Crippen LogP) is 4.74. The van der Waals surface area contributed by atoms with Gasteiger partial charge in [0.15, 0.2) is 5.75 Å². The number of rotatable bonds is 7. The molecule has 0 spiro atoms. The van der Waals surface area contributed by atoms with Crippen LogP contribution in [0.2, 0.25) is 0 Å². The maximum absolute atomic E-state index is 12.1. The minimum Gasteiger partial charge on any atom is -0.495 e. The first-order valence-corrected chi connectivity index (χ1v) is 11.9. The number of likely N-dealkylation sites (tertiary alicyclic amines) is 1. The van der Waals surface area contributed by atoms with Crippen molar-refractivity contribution in [2.75, 3.05) is 20.2 Å². The number of carbonyl (C=O) groups excluding carboxylic acids is 1. The molecule has 1 aliphatic rings. The van der Waals surface area contributed by atoms with E-state index in [2.05, 4.69) is 19.9 Å². The molecule has 1 fully saturated rings. The summed E-state index contributed by atoms with van der Waals surface area (Å²) in [7, 11) is 1.60. The highest BCUT2D eigenvalue weighted by Gasteiger charge is 2.26. The first kappa shape index (κ1) is 25.2. The molecule has 3 aromatic heterocycles. The Labute approximate surface area is 210 Å². The number of nitrogens with zero attached hydrogens (tertiary/aromatic N) is 5. The van der Waals surface area contributed by atoms with Crippen LogP contribution in [0, 0.1) is 13.8 Å². The van der Waals surface area contributed by atoms with Crippen molar-refractivity contribution in [3.8, 4) is 34.6 Å². The summed E-state index contributed by atoms with van der Waals surface area (Å²) in [6.07, 6.45) is 3.98. The number of methoxy groups -OCH3 is 1. The van der Waals surface area contributed by atoms with Gasteiger partial charge >= 0.3 is 6.09 Å². The third kappa shape index (κ3) is 5.99. The van der Waals surface area contributed by atoms with E-state index in [0.29, 0.717) is 60.4 Å². The SMILES string of the molecule is COc1ccc(-c2ccc(Oc3ncnc(OC4CCN(C(=O)OC(C)C)CC4)c3C)c(C)n2)nc1. The molecule has 0 aliphatic carbocycles. The number of amides is 1. The summed E-state index contributed by atoms with van der Waals surface area (Å²) in [5.41, 5.74) is 2.86. The van der Waals surface area contributed by atoms with E-state index >= 15 is 0 Å². The number of pyridine rings is 2. The molecule has 10 nitrogen and oxygen atoms in total. The van der Waals surface area contributed by atoms with E-state index < -0.39 is 0 Å². The summed E-state index contributed by atoms with van der Waals surface area (Å²) >= 11 is 0. The lowest BCUT2D eigenvalue weighted by molar-refractivity contribution is 0.0505. The molecule has 36 heavy (non-hydrogen) atoms. The first-order chi connectivity index (χ1) is 17.3. The second kappa shape index (κ2) is 11.2. The summed E-state index contributed by atoms with van der Waals surface area (Å²) < 4.78 is 22.7. The minimum absolute atomic E-state index is 0.0609. The van der Waals surface area contributed by atoms with Crippen LogP contribution in [0.1, 0.15) is 37.9 Å². The van der Waals surface area contributed by atoms with Gasteiger partial charge in [-0.3, -0.25) is 4.98 Å². The molecular weight excluding hydrogens is 462 g/mol. The van der Waals surface area contributed by atoms with Crippen LogP contribution in [0.25, 0.3) is 11.4 Å². The summed E-state index contributed by atoms with van der Waals surface area (Å²) in [5.74, 6) is 2.13. The van der Waals surface area contributed by atoms with Gasteiger partial charge in [-0.05, 0) is 52.0 Å². The van der Waals surface area contributed by atoms with Gasteiger partial charge in [0.2, 0.25) is 11.8 Å². The van der Waals surface area contributed by atoms with Gasteiger partial charge in [-0.25, -0.2) is 19.7 Å². The van der Waals surface area contributed by atoms with Crippen molar-refractivity contribution in [3.63, 3.8) is 0 Å². The molecule has 4 rings (SSSR count). The third-order valence-corrected chi connectivity index (χ3v) is 5.79. The van der Waals surface area contributed by atoms with E-state index in [1.807, 2.05) is 52.0 Å². The van der Waals surface area contributed by atoms with Crippen LogP contribution < -0.4 is 14.2 Å². The maximum Gasteiger partial charge on any atom is 0.410 e. The van der Waals surface area contributed by atoms with Crippen molar-refractivity contribution < 1.29 is 23.7 Å². The molecule has 1 saturated heterocycles. The number of carbonyl (C=O) groups is 1. The van der Waals surface area contributed by atoms with Gasteiger partial charge in [-0.15, -0.1) is 0 Å². The smallest absolute Gasteiger partial charge is 0.410 e. The number of aromatic nitrogens is 4. The van der Waals surface area contributed by atoms with Crippen molar-refractivity contribution in [1.82, 2.24) is 24.8 Å². The van der Waals surface area contributed by atoms with Gasteiger partial charge in [0.05, 0.1) is 42.1 Å². The standard InChI is InChI=1S/C26H31N5O5/c1-16(2)34-26(32)31-12-10-19(11-13-31)35-24-17(3)25(29-15-28-24)36-23-9-8-22(30-18(23)4)21-7-6-20(33-5)14-27-21/h6-9,14-16,19H,10-13H2,1-5H3. The zero-order chi connectivity index (χ0) is 25.7. The Kier molecular flexibility index (Phi) is 7.82. The molecular formula is C26H31N5O5. The van der Waals surface area contributed by atoms with Crippen LogP contribution in [0.3, 0.4) is 0 Å². The number of hydrogen-bond acceptors (Lipinski definition) is 9. The highest BCUT2D eigenvalue weighted by atomic mass is 16.6. The molecule has 190 valence electrons. The fourth-order valence-electron chi connectivity index (χ4n) is 3.79. The van der Waals surface area contributed by atoms with Gasteiger partial charge in [-0.2, -0.15) is 0 Å². The monoisotopic (exact) mass is 493 g/mol. The highest BCUT2D eigenvalue weighted by Crippen LogP contribution is 2.31. The van der Waals surface area contributed by atoms with Gasteiger partial charge in [0.1, 0.15) is 18.2 Å². The average molecular weight is 494 g/mol. The lowest BCUT2D eigenvalue weighted by Gasteiger charge is -2.31. The van der Waals surface area contributed by atoms with Crippen molar-refractivity contribution in [2.45, 2.75) is 52.7 Å². The van der Waals surface area contributed by atoms with Gasteiger partial charge in [-0.1, -0.05) is 0 Å². The molecule has 0 saturated carbocycles. The summed E-state index contributed by atoms with van der Waals surface area (Å²) in [4.78, 5) is 31.4. The Morgan fingerprint density at radius 3 is 2.36 bits per heavy atom. The second-order valence-electron chi connectivity index (χ2n) is 8.81. The molecule has 1 aliphatic heterocycles. The molecule has 1 amide bonds. The van der Waals surface area contributed by atoms with Crippen LogP contribution in [0.4, 0.5) is 4.79 Å². The maximum atomic E-state index is 12.1. The molecule has 0 radical (unpaired) electrons. The van der Waals surface area contributed by atoms with Crippen molar-refractivity contribution in [2.24, 2.45) is 0 Å². The number of ether oxygens (including phenoxy) is 4. The average Bonchev–Trinajstić information content (AvgIpc) is 2.87. The quantitative estimate of drug-likeness (QED) is 0.461. The molecule has 0 N–H and O–H groups in total. The Morgan fingerprint density at radius 1 is 1.00 bits per heavy atom. The summed E-state index contributed by atoms with van der Waals surface area (Å²) in [5, 5.41) is 0. The van der Waals surface area contributed by atoms with E-state index in [1.54, 1.807) is 18.2 Å². The third-order valence-electron chi connectivity index (χ3n) is 5.79. The Bertz CT molecular complexity index is 1190. The zero-order valence-corrected chi connectivity index (χ0v) is 21.2. The predicted molar refractivity (Wildman–Crippen MR) is 132 cm³/mol. The highest BCUT2D eigenvalue weighted by molar-refractivity contribution is 5.67. The zero-order valence-electron chi connectivity index (χ0n) is 21.2. The van der Waals surface area contributed by atoms with Gasteiger partial charge in [0.25, 0.3) is 0 Å². The lowest BCUT2D eigenvalue weighted by atomic mass is 10.1. The number of aryl methyl sites for hydroxylation is 1. The van der Waals surface area contributed by atoms with Gasteiger partial charge in [0, 0.05) is 25.9 Å². The van der Waals surface area contributed by atoms with Crippen LogP contribution in [0.15, 0.2) is 36.8 Å². The minimum atomic E-state index is -0.282. The Balaban J connectivity index is 1.40. The van der Waals surface area contributed by atoms with Gasteiger partial charge < -0.3 is 23.8 Å². The van der Waals surface area contributed by atoms with Crippen molar-refractivity contribution >= 4 is 6.09 Å². The molecule has 0 bridgehead atoms. The van der Waals surface area contributed by atoms with E-state index in [-0.39, 0.29) is 18.3 Å². The topological polar surface area (TPSA) is 109 Å². The molecule has 10 heteroatoms. The molecule has 4 heterocycles. The van der Waals surface area contributed by atoms with Crippen LogP contribution in [-0.2, 0) is 4.74 Å². The van der Waals surface area contributed by atoms with E-state index in [1.165, 1.54) is 6.33 Å². The molecule has 0 atom stereocenters. The van der Waals surface area contributed by atoms with Crippen molar-refractivity contribution in [1.29, 1.82) is 0 Å². The first-order valence-electron chi connectivity index (χ1n) is 11.9. The van der Waals surface area contributed by atoms with Crippen LogP contribution >= 0.6 is 0 Å². The molecule has 0 aromatic carbocycles. The van der Waals surface area contributed by atoms with Crippen LogP contribution in [0.5, 0.6) is 23.3 Å². The van der Waals surface area contributed by atoms with E-state index in [0.717, 1.165) is 11.4 Å². The lowest BCUT2D eigenvalue weighted by Crippen LogP contribution is -2.42.